The van der Waals surface area contributed by atoms with Crippen molar-refractivity contribution in [3.05, 3.63) is 58.7 Å². The normalized spacial score (nSPS) is 19.5. The summed E-state index contributed by atoms with van der Waals surface area (Å²) < 4.78 is 49.2. The van der Waals surface area contributed by atoms with Gasteiger partial charge in [0.05, 0.1) is 6.10 Å². The van der Waals surface area contributed by atoms with Crippen molar-refractivity contribution < 1.29 is 32.5 Å². The van der Waals surface area contributed by atoms with Gasteiger partial charge in [0.25, 0.3) is 0 Å². The summed E-state index contributed by atoms with van der Waals surface area (Å²) >= 11 is -0.129. The summed E-state index contributed by atoms with van der Waals surface area (Å²) in [5.41, 5.74) is -1.95. The van der Waals surface area contributed by atoms with Gasteiger partial charge in [-0.3, -0.25) is 0 Å². The molecule has 0 bridgehead atoms. The predicted octanol–water partition coefficient (Wildman–Crippen LogP) is 6.65. The van der Waals surface area contributed by atoms with E-state index in [1.807, 2.05) is 26.0 Å². The van der Waals surface area contributed by atoms with Gasteiger partial charge in [0.2, 0.25) is 0 Å². The average Bonchev–Trinajstić information content (AvgIpc) is 3.46. The molecule has 0 amide bonds. The molecule has 0 heterocycles. The monoisotopic (exact) mass is 468 g/mol. The van der Waals surface area contributed by atoms with Crippen molar-refractivity contribution in [2.75, 3.05) is 7.11 Å². The Balaban J connectivity index is 1.75. The summed E-state index contributed by atoms with van der Waals surface area (Å²) in [6.07, 6.45) is 0.685. The van der Waals surface area contributed by atoms with Crippen molar-refractivity contribution in [2.45, 2.75) is 62.1 Å². The highest BCUT2D eigenvalue weighted by molar-refractivity contribution is 8.00. The summed E-state index contributed by atoms with van der Waals surface area (Å²) in [7, 11) is 1.61. The summed E-state index contributed by atoms with van der Waals surface area (Å²) in [6, 6.07) is 10.4. The van der Waals surface area contributed by atoms with E-state index in [4.69, 9.17) is 9.47 Å². The molecule has 3 rings (SSSR count). The second kappa shape index (κ2) is 8.98. The maximum absolute atomic E-state index is 12.6. The number of ether oxygens (including phenoxy) is 2. The average molecular weight is 469 g/mol. The molecule has 0 spiro atoms. The summed E-state index contributed by atoms with van der Waals surface area (Å²) in [5.74, 6) is -0.00474. The molecule has 8 heteroatoms. The molecule has 3 unspecified atom stereocenters. The SMILES string of the molecule is COC(c1ccc(SC(F)(F)F)cc1)C1CC1c1cc(C)c(OC(C)(C)C(=O)O)c(C)c1. The Morgan fingerprint density at radius 3 is 2.16 bits per heavy atom. The Morgan fingerprint density at radius 2 is 1.69 bits per heavy atom. The highest BCUT2D eigenvalue weighted by atomic mass is 32.2. The molecule has 2 aromatic carbocycles. The number of hydrogen-bond donors (Lipinski definition) is 1. The second-order valence-electron chi connectivity index (χ2n) is 8.68. The third-order valence-corrected chi connectivity index (χ3v) is 6.45. The molecule has 0 radical (unpaired) electrons. The zero-order valence-corrected chi connectivity index (χ0v) is 19.4. The lowest BCUT2D eigenvalue weighted by Crippen LogP contribution is -2.38. The Labute approximate surface area is 190 Å². The minimum Gasteiger partial charge on any atom is -0.478 e. The highest BCUT2D eigenvalue weighted by Gasteiger charge is 2.45. The number of aryl methyl sites for hydroxylation is 2. The van der Waals surface area contributed by atoms with E-state index in [0.29, 0.717) is 5.75 Å². The number of benzene rings is 2. The topological polar surface area (TPSA) is 55.8 Å². The van der Waals surface area contributed by atoms with E-state index in [1.165, 1.54) is 26.0 Å². The fourth-order valence-corrected chi connectivity index (χ4v) is 4.55. The van der Waals surface area contributed by atoms with Crippen molar-refractivity contribution in [1.82, 2.24) is 0 Å². The van der Waals surface area contributed by atoms with Crippen LogP contribution in [0.1, 0.15) is 54.5 Å². The first-order valence-corrected chi connectivity index (χ1v) is 11.1. The van der Waals surface area contributed by atoms with Crippen LogP contribution in [0.2, 0.25) is 0 Å². The van der Waals surface area contributed by atoms with Crippen LogP contribution < -0.4 is 4.74 Å². The van der Waals surface area contributed by atoms with Crippen LogP contribution in [0.25, 0.3) is 0 Å². The standard InChI is InChI=1S/C24H27F3O4S/c1-13-10-16(11-14(2)20(13)31-23(3,4)22(28)29)18-12-19(18)21(30-5)15-6-8-17(9-7-15)32-24(25,26)27/h6-11,18-19,21H,12H2,1-5H3,(H,28,29). The van der Waals surface area contributed by atoms with Crippen LogP contribution in [0.3, 0.4) is 0 Å². The van der Waals surface area contributed by atoms with Crippen molar-refractivity contribution in [3.63, 3.8) is 0 Å². The van der Waals surface area contributed by atoms with Crippen LogP contribution in [0.5, 0.6) is 5.75 Å². The first kappa shape index (κ1) is 24.5. The molecule has 2 aromatic rings. The van der Waals surface area contributed by atoms with Crippen LogP contribution in [0.15, 0.2) is 41.3 Å². The van der Waals surface area contributed by atoms with E-state index < -0.39 is 17.1 Å². The van der Waals surface area contributed by atoms with Gasteiger partial charge in [0.15, 0.2) is 5.60 Å². The third-order valence-electron chi connectivity index (χ3n) is 5.71. The fourth-order valence-electron chi connectivity index (χ4n) is 4.01. The fraction of sp³-hybridized carbons (Fsp3) is 0.458. The van der Waals surface area contributed by atoms with Gasteiger partial charge >= 0.3 is 11.5 Å². The van der Waals surface area contributed by atoms with Gasteiger partial charge in [-0.15, -0.1) is 0 Å². The molecule has 0 aromatic heterocycles. The zero-order chi connectivity index (χ0) is 23.8. The summed E-state index contributed by atoms with van der Waals surface area (Å²) in [5, 5.41) is 9.35. The molecule has 1 saturated carbocycles. The number of carboxylic acid groups (broad SMARTS) is 1. The molecule has 0 saturated heterocycles. The van der Waals surface area contributed by atoms with Crippen molar-refractivity contribution in [1.29, 1.82) is 0 Å². The molecule has 4 nitrogen and oxygen atoms in total. The Kier molecular flexibility index (Phi) is 6.86. The number of aliphatic carboxylic acids is 1. The Hall–Kier alpha value is -2.19. The van der Waals surface area contributed by atoms with Crippen LogP contribution in [-0.4, -0.2) is 29.3 Å². The van der Waals surface area contributed by atoms with Gasteiger partial charge in [-0.25, -0.2) is 4.79 Å². The number of carboxylic acids is 1. The van der Waals surface area contributed by atoms with E-state index in [9.17, 15) is 23.1 Å². The number of thioether (sulfide) groups is 1. The van der Waals surface area contributed by atoms with Gasteiger partial charge in [-0.2, -0.15) is 13.2 Å². The number of rotatable bonds is 8. The second-order valence-corrected chi connectivity index (χ2v) is 9.82. The molecule has 174 valence electrons. The summed E-state index contributed by atoms with van der Waals surface area (Å²) in [4.78, 5) is 11.6. The smallest absolute Gasteiger partial charge is 0.446 e. The van der Waals surface area contributed by atoms with Gasteiger partial charge in [-0.1, -0.05) is 24.3 Å². The van der Waals surface area contributed by atoms with Crippen molar-refractivity contribution in [3.8, 4) is 5.75 Å². The molecule has 1 fully saturated rings. The third kappa shape index (κ3) is 5.59. The van der Waals surface area contributed by atoms with Crippen LogP contribution >= 0.6 is 11.8 Å². The lowest BCUT2D eigenvalue weighted by Gasteiger charge is -2.24. The van der Waals surface area contributed by atoms with Crippen molar-refractivity contribution >= 4 is 17.7 Å². The minimum atomic E-state index is -4.31. The predicted molar refractivity (Wildman–Crippen MR) is 117 cm³/mol. The van der Waals surface area contributed by atoms with E-state index in [1.54, 1.807) is 19.2 Å². The number of methoxy groups -OCH3 is 1. The largest absolute Gasteiger partial charge is 0.478 e. The maximum atomic E-state index is 12.6. The van der Waals surface area contributed by atoms with E-state index in [0.717, 1.165) is 28.7 Å². The highest BCUT2D eigenvalue weighted by Crippen LogP contribution is 2.56. The van der Waals surface area contributed by atoms with Gasteiger partial charge in [-0.05, 0) is 92.1 Å². The van der Waals surface area contributed by atoms with E-state index in [2.05, 4.69) is 0 Å². The van der Waals surface area contributed by atoms with Crippen molar-refractivity contribution in [2.24, 2.45) is 5.92 Å². The first-order chi connectivity index (χ1) is 14.8. The first-order valence-electron chi connectivity index (χ1n) is 10.2. The maximum Gasteiger partial charge on any atom is 0.446 e. The molecular weight excluding hydrogens is 441 g/mol. The van der Waals surface area contributed by atoms with Gasteiger partial charge < -0.3 is 14.6 Å². The zero-order valence-electron chi connectivity index (χ0n) is 18.6. The minimum absolute atomic E-state index is 0.129. The molecule has 1 aliphatic carbocycles. The molecule has 1 N–H and O–H groups in total. The summed E-state index contributed by atoms with van der Waals surface area (Å²) in [6.45, 7) is 6.82. The molecule has 32 heavy (non-hydrogen) atoms. The van der Waals surface area contributed by atoms with Gasteiger partial charge in [0, 0.05) is 12.0 Å². The number of hydrogen-bond acceptors (Lipinski definition) is 4. The number of alkyl halides is 3. The molecule has 3 atom stereocenters. The lowest BCUT2D eigenvalue weighted by molar-refractivity contribution is -0.152. The van der Waals surface area contributed by atoms with E-state index >= 15 is 0 Å². The quantitative estimate of drug-likeness (QED) is 0.440. The van der Waals surface area contributed by atoms with Crippen LogP contribution in [0.4, 0.5) is 13.2 Å². The molecule has 1 aliphatic rings. The van der Waals surface area contributed by atoms with Crippen LogP contribution in [-0.2, 0) is 9.53 Å². The van der Waals surface area contributed by atoms with E-state index in [-0.39, 0.29) is 34.6 Å². The Bertz CT molecular complexity index is 963. The number of halogens is 3. The van der Waals surface area contributed by atoms with Gasteiger partial charge in [0.1, 0.15) is 5.75 Å². The lowest BCUT2D eigenvalue weighted by atomic mass is 9.98. The molecular formula is C24H27F3O4S. The number of carbonyl (C=O) groups is 1. The molecule has 0 aliphatic heterocycles. The van der Waals surface area contributed by atoms with Crippen LogP contribution in [0, 0.1) is 19.8 Å². The Morgan fingerprint density at radius 1 is 1.12 bits per heavy atom.